The van der Waals surface area contributed by atoms with Gasteiger partial charge in [-0.1, -0.05) is 229 Å². The molecule has 0 bridgehead atoms. The van der Waals surface area contributed by atoms with E-state index < -0.39 is 6.10 Å². The molecule has 0 amide bonds. The van der Waals surface area contributed by atoms with Crippen molar-refractivity contribution in [3.05, 3.63) is 60.8 Å². The number of rotatable bonds is 44. The van der Waals surface area contributed by atoms with Crippen LogP contribution in [0.15, 0.2) is 60.8 Å². The van der Waals surface area contributed by atoms with Gasteiger partial charge in [0.2, 0.25) is 0 Å². The second-order valence-corrected chi connectivity index (χ2v) is 16.4. The average Bonchev–Trinajstić information content (AvgIpc) is 3.23. The van der Waals surface area contributed by atoms with Crippen molar-refractivity contribution < 1.29 is 28.6 Å². The molecule has 0 fully saturated rings. The molecule has 0 aliphatic carbocycles. The third-order valence-electron chi connectivity index (χ3n) is 10.6. The molecule has 0 aromatic rings. The molecule has 0 saturated heterocycles. The molecule has 0 rings (SSSR count). The fraction of sp³-hybridized carbons (Fsp3) is 0.755. The number of hydrogen-bond donors (Lipinski definition) is 0. The summed E-state index contributed by atoms with van der Waals surface area (Å²) in [6.07, 6.45) is 57.9. The lowest BCUT2D eigenvalue weighted by Crippen LogP contribution is -2.30. The molecule has 0 saturated carbocycles. The Hall–Kier alpha value is -2.89. The summed E-state index contributed by atoms with van der Waals surface area (Å²) in [4.78, 5) is 37.8. The van der Waals surface area contributed by atoms with Gasteiger partial charge in [0.25, 0.3) is 0 Å². The fourth-order valence-corrected chi connectivity index (χ4v) is 6.84. The first kappa shape index (κ1) is 56.1. The SMILES string of the molecule is CC/C=C\C/C=C\C/C=C\C/C=C\C/C=C\CCC(=O)OCC(COC(=O)CCCCCCCCCCC)OC(=O)CCCCCCCCCCCCCCCCCC. The lowest BCUT2D eigenvalue weighted by Gasteiger charge is -2.18. The number of esters is 3. The molecule has 6 heteroatoms. The van der Waals surface area contributed by atoms with Crippen LogP contribution in [0.25, 0.3) is 0 Å². The molecule has 0 heterocycles. The molecule has 6 nitrogen and oxygen atoms in total. The van der Waals surface area contributed by atoms with E-state index >= 15 is 0 Å². The van der Waals surface area contributed by atoms with Crippen molar-refractivity contribution in [2.24, 2.45) is 0 Å². The van der Waals surface area contributed by atoms with Crippen LogP contribution in [-0.4, -0.2) is 37.2 Å². The topological polar surface area (TPSA) is 78.9 Å². The van der Waals surface area contributed by atoms with Crippen molar-refractivity contribution in [1.82, 2.24) is 0 Å². The highest BCUT2D eigenvalue weighted by Gasteiger charge is 2.19. The normalized spacial score (nSPS) is 12.5. The van der Waals surface area contributed by atoms with Crippen molar-refractivity contribution >= 4 is 17.9 Å². The molecule has 59 heavy (non-hydrogen) atoms. The summed E-state index contributed by atoms with van der Waals surface area (Å²) >= 11 is 0. The number of carbonyl (C=O) groups is 3. The number of ether oxygens (including phenoxy) is 3. The van der Waals surface area contributed by atoms with Crippen molar-refractivity contribution in [1.29, 1.82) is 0 Å². The molecule has 1 atom stereocenters. The highest BCUT2D eigenvalue weighted by molar-refractivity contribution is 5.71. The first-order valence-corrected chi connectivity index (χ1v) is 24.8. The zero-order valence-corrected chi connectivity index (χ0v) is 38.8. The maximum absolute atomic E-state index is 12.8. The van der Waals surface area contributed by atoms with Crippen LogP contribution in [-0.2, 0) is 28.6 Å². The van der Waals surface area contributed by atoms with Gasteiger partial charge in [0, 0.05) is 19.3 Å². The number of carbonyl (C=O) groups excluding carboxylic acids is 3. The van der Waals surface area contributed by atoms with Gasteiger partial charge in [0.15, 0.2) is 6.10 Å². The van der Waals surface area contributed by atoms with Crippen molar-refractivity contribution in [3.63, 3.8) is 0 Å². The molecule has 0 spiro atoms. The molecule has 340 valence electrons. The summed E-state index contributed by atoms with van der Waals surface area (Å²) in [5, 5.41) is 0. The molecule has 0 N–H and O–H groups in total. The summed E-state index contributed by atoms with van der Waals surface area (Å²) in [6, 6.07) is 0. The Balaban J connectivity index is 4.42. The minimum atomic E-state index is -0.798. The highest BCUT2D eigenvalue weighted by atomic mass is 16.6. The molecule has 0 aromatic carbocycles. The van der Waals surface area contributed by atoms with Gasteiger partial charge in [-0.3, -0.25) is 14.4 Å². The highest BCUT2D eigenvalue weighted by Crippen LogP contribution is 2.15. The summed E-state index contributed by atoms with van der Waals surface area (Å²) in [5.41, 5.74) is 0. The quantitative estimate of drug-likeness (QED) is 0.0263. The van der Waals surface area contributed by atoms with Gasteiger partial charge in [0.05, 0.1) is 0 Å². The lowest BCUT2D eigenvalue weighted by molar-refractivity contribution is -0.166. The summed E-state index contributed by atoms with van der Waals surface area (Å²) in [6.45, 7) is 6.45. The third kappa shape index (κ3) is 46.0. The van der Waals surface area contributed by atoms with E-state index in [1.54, 1.807) is 0 Å². The Morgan fingerprint density at radius 2 is 0.661 bits per heavy atom. The molecule has 0 aromatic heterocycles. The van der Waals surface area contributed by atoms with Gasteiger partial charge in [-0.15, -0.1) is 0 Å². The summed E-state index contributed by atoms with van der Waals surface area (Å²) in [7, 11) is 0. The third-order valence-corrected chi connectivity index (χ3v) is 10.6. The van der Waals surface area contributed by atoms with Crippen LogP contribution in [0.3, 0.4) is 0 Å². The van der Waals surface area contributed by atoms with Gasteiger partial charge < -0.3 is 14.2 Å². The van der Waals surface area contributed by atoms with E-state index in [1.807, 2.05) is 6.08 Å². The second kappa shape index (κ2) is 47.8. The van der Waals surface area contributed by atoms with Crippen LogP contribution in [0.1, 0.15) is 239 Å². The van der Waals surface area contributed by atoms with Gasteiger partial charge >= 0.3 is 17.9 Å². The second-order valence-electron chi connectivity index (χ2n) is 16.4. The molecule has 0 aliphatic heterocycles. The van der Waals surface area contributed by atoms with Crippen LogP contribution in [0.4, 0.5) is 0 Å². The van der Waals surface area contributed by atoms with Crippen molar-refractivity contribution in [2.75, 3.05) is 13.2 Å². The zero-order chi connectivity index (χ0) is 43.0. The van der Waals surface area contributed by atoms with E-state index in [0.717, 1.165) is 70.6 Å². The van der Waals surface area contributed by atoms with Gasteiger partial charge in [-0.05, 0) is 51.4 Å². The fourth-order valence-electron chi connectivity index (χ4n) is 6.84. The van der Waals surface area contributed by atoms with E-state index in [0.29, 0.717) is 19.3 Å². The predicted molar refractivity (Wildman–Crippen MR) is 251 cm³/mol. The van der Waals surface area contributed by atoms with E-state index in [4.69, 9.17) is 14.2 Å². The molecule has 1 unspecified atom stereocenters. The van der Waals surface area contributed by atoms with Crippen LogP contribution in [0, 0.1) is 0 Å². The van der Waals surface area contributed by atoms with Crippen molar-refractivity contribution in [2.45, 2.75) is 245 Å². The van der Waals surface area contributed by atoms with Gasteiger partial charge in [-0.25, -0.2) is 0 Å². The monoisotopic (exact) mass is 825 g/mol. The van der Waals surface area contributed by atoms with E-state index in [2.05, 4.69) is 75.5 Å². The molecule has 0 aliphatic rings. The Labute approximate surface area is 364 Å². The number of unbranched alkanes of at least 4 members (excludes halogenated alkanes) is 23. The lowest BCUT2D eigenvalue weighted by atomic mass is 10.0. The smallest absolute Gasteiger partial charge is 0.306 e. The maximum Gasteiger partial charge on any atom is 0.306 e. The number of hydrogen-bond acceptors (Lipinski definition) is 6. The van der Waals surface area contributed by atoms with Gasteiger partial charge in [-0.2, -0.15) is 0 Å². The van der Waals surface area contributed by atoms with Gasteiger partial charge in [0.1, 0.15) is 13.2 Å². The van der Waals surface area contributed by atoms with Crippen LogP contribution < -0.4 is 0 Å². The summed E-state index contributed by atoms with van der Waals surface area (Å²) < 4.78 is 16.7. The largest absolute Gasteiger partial charge is 0.462 e. The van der Waals surface area contributed by atoms with Crippen molar-refractivity contribution in [3.8, 4) is 0 Å². The minimum Gasteiger partial charge on any atom is -0.462 e. The Morgan fingerprint density at radius 1 is 0.356 bits per heavy atom. The Kier molecular flexibility index (Phi) is 45.4. The maximum atomic E-state index is 12.8. The first-order valence-electron chi connectivity index (χ1n) is 24.8. The Morgan fingerprint density at radius 3 is 1.03 bits per heavy atom. The summed E-state index contributed by atoms with van der Waals surface area (Å²) in [5.74, 6) is -0.979. The van der Waals surface area contributed by atoms with Crippen LogP contribution in [0.2, 0.25) is 0 Å². The molecular weight excluding hydrogens is 733 g/mol. The molecule has 0 radical (unpaired) electrons. The van der Waals surface area contributed by atoms with E-state index in [9.17, 15) is 14.4 Å². The minimum absolute atomic E-state index is 0.0942. The zero-order valence-electron chi connectivity index (χ0n) is 38.8. The van der Waals surface area contributed by atoms with Crippen LogP contribution in [0.5, 0.6) is 0 Å². The number of allylic oxidation sites excluding steroid dienone is 10. The average molecular weight is 825 g/mol. The van der Waals surface area contributed by atoms with E-state index in [-0.39, 0.29) is 37.5 Å². The van der Waals surface area contributed by atoms with Crippen LogP contribution >= 0.6 is 0 Å². The standard InChI is InChI=1S/C53H92O6/c1-4-7-10-13-16-19-21-23-25-27-29-31-34-37-40-43-46-52(55)58-49-50(48-57-51(54)45-42-39-36-33-18-15-12-9-6-3)59-53(56)47-44-41-38-35-32-30-28-26-24-22-20-17-14-11-8-5-2/h7,10,16,19,23,25,29,31,37,40,50H,4-6,8-9,11-15,17-18,20-22,24,26-28,30,32-36,38-39,41-49H2,1-3H3/b10-7-,19-16-,25-23-,31-29-,40-37-. The van der Waals surface area contributed by atoms with E-state index in [1.165, 1.54) is 122 Å². The molecular formula is C53H92O6. The Bertz CT molecular complexity index is 1090. The first-order chi connectivity index (χ1) is 29.0. The predicted octanol–water partition coefficient (Wildman–Crippen LogP) is 16.1.